The molecule has 2 heteroatoms. The Hall–Kier alpha value is -2.45. The molecular formula is C31H52N2. The van der Waals surface area contributed by atoms with Crippen molar-refractivity contribution in [2.75, 3.05) is 6.54 Å². The van der Waals surface area contributed by atoms with Crippen molar-refractivity contribution in [2.45, 2.75) is 88.5 Å². The molecule has 2 nitrogen and oxygen atoms in total. The van der Waals surface area contributed by atoms with Gasteiger partial charge in [0.15, 0.2) is 0 Å². The average molecular weight is 453 g/mol. The van der Waals surface area contributed by atoms with Crippen LogP contribution in [0.1, 0.15) is 86.3 Å². The molecule has 2 rings (SSSR count). The van der Waals surface area contributed by atoms with Gasteiger partial charge in [0.05, 0.1) is 0 Å². The maximum Gasteiger partial charge on any atom is 0.0471 e. The zero-order valence-electron chi connectivity index (χ0n) is 23.3. The normalized spacial score (nSPS) is 12.2. The molecule has 0 atom stereocenters. The van der Waals surface area contributed by atoms with Crippen LogP contribution in [-0.2, 0) is 6.42 Å². The fourth-order valence-corrected chi connectivity index (χ4v) is 2.43. The van der Waals surface area contributed by atoms with Crippen LogP contribution in [0, 0.1) is 6.92 Å². The van der Waals surface area contributed by atoms with Crippen molar-refractivity contribution in [1.82, 2.24) is 0 Å². The number of aliphatic imine (C=N–C) groups is 1. The SMILES string of the molecule is C/C=C\C.C=C(C)C1=NC=C(/C(C)=C/C=C\C)C1.CC.CCCc1cccc(C)c1.CCN. The first-order valence-corrected chi connectivity index (χ1v) is 12.3. The fourth-order valence-electron chi connectivity index (χ4n) is 2.43. The molecule has 0 saturated heterocycles. The first-order chi connectivity index (χ1) is 15.8. The molecule has 0 bridgehead atoms. The molecule has 0 saturated carbocycles. The van der Waals surface area contributed by atoms with Crippen LogP contribution >= 0.6 is 0 Å². The highest BCUT2D eigenvalue weighted by atomic mass is 14.7. The van der Waals surface area contributed by atoms with E-state index in [2.05, 4.69) is 68.8 Å². The van der Waals surface area contributed by atoms with Crippen molar-refractivity contribution >= 4 is 5.71 Å². The minimum absolute atomic E-state index is 0.750. The second kappa shape index (κ2) is 25.8. The number of benzene rings is 1. The Morgan fingerprint density at radius 1 is 1.06 bits per heavy atom. The molecule has 0 unspecified atom stereocenters. The van der Waals surface area contributed by atoms with E-state index in [9.17, 15) is 0 Å². The van der Waals surface area contributed by atoms with E-state index in [4.69, 9.17) is 5.73 Å². The van der Waals surface area contributed by atoms with Gasteiger partial charge in [0.2, 0.25) is 0 Å². The van der Waals surface area contributed by atoms with Crippen LogP contribution < -0.4 is 5.73 Å². The standard InChI is InChI=1S/C13H17N.C10H14.C4H8.C2H7N.C2H6/c1-5-6-7-11(4)12-8-13(10(2)3)14-9-12;1-3-5-10-7-4-6-9(2)8-10;1-3-4-2;1-2-3;1-2/h5-7,9H,2,8H2,1,3-4H3;4,6-8H,3,5H2,1-2H3;3-4H,1-2H3;2-3H2,1H3;1-2H3/b6-5-,11-7+;;4-3-;;. The third-order valence-electron chi connectivity index (χ3n) is 4.23. The summed E-state index contributed by atoms with van der Waals surface area (Å²) in [4.78, 5) is 4.34. The number of hydrogen-bond donors (Lipinski definition) is 1. The van der Waals surface area contributed by atoms with Crippen LogP contribution in [0.5, 0.6) is 0 Å². The Balaban J connectivity index is -0.000000412. The van der Waals surface area contributed by atoms with Crippen molar-refractivity contribution in [3.05, 3.63) is 95.3 Å². The van der Waals surface area contributed by atoms with Gasteiger partial charge in [-0.05, 0) is 76.8 Å². The van der Waals surface area contributed by atoms with Crippen LogP contribution in [-0.4, -0.2) is 12.3 Å². The van der Waals surface area contributed by atoms with Crippen molar-refractivity contribution in [1.29, 1.82) is 0 Å². The molecule has 1 aliphatic heterocycles. The van der Waals surface area contributed by atoms with Gasteiger partial charge in [0.1, 0.15) is 0 Å². The van der Waals surface area contributed by atoms with E-state index >= 15 is 0 Å². The molecule has 0 amide bonds. The van der Waals surface area contributed by atoms with Crippen LogP contribution in [0.3, 0.4) is 0 Å². The van der Waals surface area contributed by atoms with E-state index < -0.39 is 0 Å². The van der Waals surface area contributed by atoms with E-state index in [0.717, 1.165) is 24.3 Å². The summed E-state index contributed by atoms with van der Waals surface area (Å²) in [6.07, 6.45) is 15.5. The third-order valence-corrected chi connectivity index (χ3v) is 4.23. The van der Waals surface area contributed by atoms with Crippen LogP contribution in [0.25, 0.3) is 0 Å². The molecule has 1 aromatic carbocycles. The van der Waals surface area contributed by atoms with Gasteiger partial charge >= 0.3 is 0 Å². The number of nitrogens with zero attached hydrogens (tertiary/aromatic N) is 1. The van der Waals surface area contributed by atoms with Gasteiger partial charge in [-0.25, -0.2) is 0 Å². The summed E-state index contributed by atoms with van der Waals surface area (Å²) in [5, 5.41) is 0. The molecule has 0 aromatic heterocycles. The van der Waals surface area contributed by atoms with Gasteiger partial charge in [-0.15, -0.1) is 0 Å². The molecule has 1 aliphatic rings. The lowest BCUT2D eigenvalue weighted by Gasteiger charge is -2.02. The molecule has 2 N–H and O–H groups in total. The van der Waals surface area contributed by atoms with Crippen molar-refractivity contribution in [3.8, 4) is 0 Å². The van der Waals surface area contributed by atoms with Gasteiger partial charge in [0.25, 0.3) is 0 Å². The number of hydrogen-bond acceptors (Lipinski definition) is 2. The molecule has 1 aromatic rings. The van der Waals surface area contributed by atoms with Gasteiger partial charge in [0, 0.05) is 18.3 Å². The summed E-state index contributed by atoms with van der Waals surface area (Å²) in [6.45, 7) is 25.0. The molecular weight excluding hydrogens is 400 g/mol. The Morgan fingerprint density at radius 3 is 2.03 bits per heavy atom. The summed E-state index contributed by atoms with van der Waals surface area (Å²) < 4.78 is 0. The van der Waals surface area contributed by atoms with E-state index in [1.165, 1.54) is 35.1 Å². The molecule has 33 heavy (non-hydrogen) atoms. The zero-order chi connectivity index (χ0) is 26.1. The Labute approximate surface area is 206 Å². The van der Waals surface area contributed by atoms with Crippen molar-refractivity contribution in [2.24, 2.45) is 10.7 Å². The molecule has 0 spiro atoms. The lowest BCUT2D eigenvalue weighted by Crippen LogP contribution is -1.96. The van der Waals surface area contributed by atoms with E-state index in [0.29, 0.717) is 0 Å². The van der Waals surface area contributed by atoms with E-state index in [1.54, 1.807) is 0 Å². The highest BCUT2D eigenvalue weighted by Crippen LogP contribution is 2.22. The maximum atomic E-state index is 4.85. The lowest BCUT2D eigenvalue weighted by atomic mass is 10.0. The highest BCUT2D eigenvalue weighted by molar-refractivity contribution is 6.02. The largest absolute Gasteiger partial charge is 0.331 e. The van der Waals surface area contributed by atoms with Crippen molar-refractivity contribution < 1.29 is 0 Å². The summed E-state index contributed by atoms with van der Waals surface area (Å²) in [5.41, 5.74) is 12.4. The van der Waals surface area contributed by atoms with Gasteiger partial charge in [-0.3, -0.25) is 4.99 Å². The van der Waals surface area contributed by atoms with Crippen LogP contribution in [0.2, 0.25) is 0 Å². The summed E-state index contributed by atoms with van der Waals surface area (Å²) in [6, 6.07) is 8.71. The Bertz CT molecular complexity index is 755. The summed E-state index contributed by atoms with van der Waals surface area (Å²) in [5.74, 6) is 0. The first-order valence-electron chi connectivity index (χ1n) is 12.3. The molecule has 186 valence electrons. The topological polar surface area (TPSA) is 38.4 Å². The minimum atomic E-state index is 0.750. The fraction of sp³-hybridized carbons (Fsp3) is 0.452. The lowest BCUT2D eigenvalue weighted by molar-refractivity contribution is 0.920. The quantitative estimate of drug-likeness (QED) is 0.351. The number of nitrogens with two attached hydrogens (primary N) is 1. The van der Waals surface area contributed by atoms with Crippen molar-refractivity contribution in [3.63, 3.8) is 0 Å². The average Bonchev–Trinajstić information content (AvgIpc) is 3.31. The summed E-state index contributed by atoms with van der Waals surface area (Å²) in [7, 11) is 0. The number of allylic oxidation sites excluding steroid dienone is 8. The Morgan fingerprint density at radius 2 is 1.64 bits per heavy atom. The first kappa shape index (κ1) is 35.1. The smallest absolute Gasteiger partial charge is 0.0471 e. The second-order valence-electron chi connectivity index (χ2n) is 7.38. The third kappa shape index (κ3) is 21.2. The highest BCUT2D eigenvalue weighted by Gasteiger charge is 2.11. The predicted octanol–water partition coefficient (Wildman–Crippen LogP) is 9.33. The summed E-state index contributed by atoms with van der Waals surface area (Å²) >= 11 is 0. The van der Waals surface area contributed by atoms with Gasteiger partial charge < -0.3 is 5.73 Å². The Kier molecular flexibility index (Phi) is 27.5. The van der Waals surface area contributed by atoms with E-state index in [-0.39, 0.29) is 0 Å². The zero-order valence-corrected chi connectivity index (χ0v) is 23.3. The molecule has 0 radical (unpaired) electrons. The van der Waals surface area contributed by atoms with Crippen LogP contribution in [0.15, 0.2) is 89.1 Å². The predicted molar refractivity (Wildman–Crippen MR) is 155 cm³/mol. The molecule has 0 fully saturated rings. The molecule has 0 aliphatic carbocycles. The monoisotopic (exact) mass is 452 g/mol. The number of rotatable bonds is 5. The minimum Gasteiger partial charge on any atom is -0.331 e. The number of aryl methyl sites for hydroxylation is 2. The maximum absolute atomic E-state index is 4.85. The van der Waals surface area contributed by atoms with E-state index in [1.807, 2.05) is 72.9 Å². The van der Waals surface area contributed by atoms with Gasteiger partial charge in [-0.2, -0.15) is 0 Å². The molecule has 1 heterocycles. The van der Waals surface area contributed by atoms with Crippen LogP contribution in [0.4, 0.5) is 0 Å². The second-order valence-corrected chi connectivity index (χ2v) is 7.38. The van der Waals surface area contributed by atoms with Gasteiger partial charge in [-0.1, -0.05) is 101 Å².